The largest absolute Gasteiger partial charge is 0.367 e. The Hall–Kier alpha value is -1.20. The summed E-state index contributed by atoms with van der Waals surface area (Å²) >= 11 is 6.76. The molecule has 0 unspecified atom stereocenters. The van der Waals surface area contributed by atoms with Gasteiger partial charge in [0, 0.05) is 10.7 Å². The quantitative estimate of drug-likeness (QED) is 0.902. The highest BCUT2D eigenvalue weighted by atomic mass is 35.5. The molecule has 1 N–H and O–H groups in total. The lowest BCUT2D eigenvalue weighted by Crippen LogP contribution is -2.33. The smallest absolute Gasteiger partial charge is 0.290 e. The molecular weight excluding hydrogens is 248 g/mol. The molecule has 84 valence electrons. The molecule has 0 spiro atoms. The maximum absolute atomic E-state index is 11.3. The van der Waals surface area contributed by atoms with E-state index in [-0.39, 0.29) is 23.6 Å². The summed E-state index contributed by atoms with van der Waals surface area (Å²) in [6.07, 6.45) is 0. The third-order valence-electron chi connectivity index (χ3n) is 2.13. The number of nitrogens with zero attached hydrogens (tertiary/aromatic N) is 1. The normalized spacial score (nSPS) is 15.7. The van der Waals surface area contributed by atoms with Crippen molar-refractivity contribution in [1.82, 2.24) is 4.90 Å². The predicted octanol–water partition coefficient (Wildman–Crippen LogP) is 2.40. The molecule has 1 heterocycles. The number of carbonyl (C=O) groups excluding carboxylic acids is 2. The monoisotopic (exact) mass is 256 g/mol. The maximum atomic E-state index is 11.3. The summed E-state index contributed by atoms with van der Waals surface area (Å²) in [6, 6.07) is 7.07. The molecule has 1 fully saturated rings. The maximum Gasteiger partial charge on any atom is 0.290 e. The molecule has 1 aliphatic heterocycles. The van der Waals surface area contributed by atoms with Gasteiger partial charge in [-0.25, -0.2) is 0 Å². The molecule has 6 heteroatoms. The van der Waals surface area contributed by atoms with Crippen LogP contribution >= 0.6 is 23.4 Å². The molecule has 0 aromatic heterocycles. The Morgan fingerprint density at radius 2 is 2.00 bits per heavy atom. The summed E-state index contributed by atoms with van der Waals surface area (Å²) in [5, 5.41) is 3.43. The van der Waals surface area contributed by atoms with Crippen LogP contribution in [0.1, 0.15) is 0 Å². The number of hydrogen-bond acceptors (Lipinski definition) is 4. The third-order valence-corrected chi connectivity index (χ3v) is 3.24. The number of rotatable bonds is 3. The first-order valence-corrected chi connectivity index (χ1v) is 6.00. The first kappa shape index (κ1) is 11.3. The molecule has 2 rings (SSSR count). The zero-order chi connectivity index (χ0) is 11.5. The highest BCUT2D eigenvalue weighted by Gasteiger charge is 2.29. The Kier molecular flexibility index (Phi) is 3.36. The average molecular weight is 257 g/mol. The molecule has 0 radical (unpaired) electrons. The van der Waals surface area contributed by atoms with Gasteiger partial charge in [0.25, 0.3) is 5.24 Å². The van der Waals surface area contributed by atoms with E-state index in [1.54, 1.807) is 24.3 Å². The lowest BCUT2D eigenvalue weighted by molar-refractivity contribution is -0.124. The molecule has 1 saturated heterocycles. The van der Waals surface area contributed by atoms with E-state index in [1.165, 1.54) is 4.90 Å². The summed E-state index contributed by atoms with van der Waals surface area (Å²) in [6.45, 7) is 0.201. The van der Waals surface area contributed by atoms with E-state index in [0.29, 0.717) is 5.02 Å². The van der Waals surface area contributed by atoms with Crippen LogP contribution < -0.4 is 5.32 Å². The second kappa shape index (κ2) is 4.76. The van der Waals surface area contributed by atoms with Crippen molar-refractivity contribution in [3.8, 4) is 0 Å². The minimum atomic E-state index is -0.202. The van der Waals surface area contributed by atoms with Gasteiger partial charge in [0.2, 0.25) is 5.91 Å². The Morgan fingerprint density at radius 3 is 2.56 bits per heavy atom. The summed E-state index contributed by atoms with van der Waals surface area (Å²) in [4.78, 5) is 23.7. The van der Waals surface area contributed by atoms with Gasteiger partial charge in [-0.05, 0) is 24.3 Å². The molecule has 4 nitrogen and oxygen atoms in total. The second-order valence-corrected chi connectivity index (χ2v) is 4.58. The number of amides is 2. The molecule has 1 aromatic carbocycles. The van der Waals surface area contributed by atoms with E-state index in [0.717, 1.165) is 17.4 Å². The van der Waals surface area contributed by atoms with Crippen LogP contribution in [0.4, 0.5) is 10.5 Å². The third kappa shape index (κ3) is 2.48. The lowest BCUT2D eigenvalue weighted by Gasteiger charge is -2.14. The number of hydrogen-bond donors (Lipinski definition) is 1. The number of thioether (sulfide) groups is 1. The highest BCUT2D eigenvalue weighted by Crippen LogP contribution is 2.19. The number of imide groups is 1. The number of benzene rings is 1. The van der Waals surface area contributed by atoms with Crippen molar-refractivity contribution < 1.29 is 9.59 Å². The molecular formula is C10H9ClN2O2S. The van der Waals surface area contributed by atoms with Gasteiger partial charge in [-0.15, -0.1) is 0 Å². The molecule has 1 aliphatic rings. The van der Waals surface area contributed by atoms with Crippen LogP contribution in [0.15, 0.2) is 24.3 Å². The van der Waals surface area contributed by atoms with Gasteiger partial charge in [-0.1, -0.05) is 23.4 Å². The minimum Gasteiger partial charge on any atom is -0.367 e. The first-order chi connectivity index (χ1) is 7.66. The van der Waals surface area contributed by atoms with Crippen molar-refractivity contribution in [2.75, 3.05) is 17.7 Å². The van der Waals surface area contributed by atoms with E-state index in [4.69, 9.17) is 11.6 Å². The van der Waals surface area contributed by atoms with Crippen LogP contribution in [0.3, 0.4) is 0 Å². The number of anilines is 1. The van der Waals surface area contributed by atoms with Crippen molar-refractivity contribution in [2.45, 2.75) is 0 Å². The topological polar surface area (TPSA) is 49.4 Å². The lowest BCUT2D eigenvalue weighted by atomic mass is 10.3. The van der Waals surface area contributed by atoms with Gasteiger partial charge in [-0.3, -0.25) is 14.5 Å². The van der Waals surface area contributed by atoms with Gasteiger partial charge >= 0.3 is 0 Å². The first-order valence-electron chi connectivity index (χ1n) is 4.63. The zero-order valence-electron chi connectivity index (χ0n) is 8.27. The fraction of sp³-hybridized carbons (Fsp3) is 0.200. The average Bonchev–Trinajstić information content (AvgIpc) is 2.59. The van der Waals surface area contributed by atoms with Crippen molar-refractivity contribution in [3.63, 3.8) is 0 Å². The number of carbonyl (C=O) groups is 2. The van der Waals surface area contributed by atoms with E-state index in [1.807, 2.05) is 0 Å². The van der Waals surface area contributed by atoms with E-state index in [2.05, 4.69) is 5.32 Å². The van der Waals surface area contributed by atoms with Crippen LogP contribution in [0.2, 0.25) is 5.02 Å². The van der Waals surface area contributed by atoms with Crippen LogP contribution in [-0.2, 0) is 4.79 Å². The highest BCUT2D eigenvalue weighted by molar-refractivity contribution is 8.14. The number of nitrogens with one attached hydrogen (secondary N) is 1. The van der Waals surface area contributed by atoms with Crippen molar-refractivity contribution in [3.05, 3.63) is 29.3 Å². The SMILES string of the molecule is O=C1CSC(=O)N1CNc1ccc(Cl)cc1. The van der Waals surface area contributed by atoms with Gasteiger partial charge < -0.3 is 5.32 Å². The van der Waals surface area contributed by atoms with Crippen molar-refractivity contribution in [2.24, 2.45) is 0 Å². The molecule has 16 heavy (non-hydrogen) atoms. The van der Waals surface area contributed by atoms with Crippen LogP contribution in [0.25, 0.3) is 0 Å². The van der Waals surface area contributed by atoms with Crippen LogP contribution in [-0.4, -0.2) is 28.5 Å². The van der Waals surface area contributed by atoms with E-state index < -0.39 is 0 Å². The Balaban J connectivity index is 1.94. The fourth-order valence-corrected chi connectivity index (χ4v) is 2.12. The molecule has 0 saturated carbocycles. The molecule has 1 aromatic rings. The fourth-order valence-electron chi connectivity index (χ4n) is 1.27. The van der Waals surface area contributed by atoms with Crippen molar-refractivity contribution in [1.29, 1.82) is 0 Å². The molecule has 0 bridgehead atoms. The van der Waals surface area contributed by atoms with Crippen LogP contribution in [0, 0.1) is 0 Å². The summed E-state index contributed by atoms with van der Waals surface area (Å²) in [5.41, 5.74) is 0.821. The zero-order valence-corrected chi connectivity index (χ0v) is 9.85. The Bertz CT molecular complexity index is 405. The van der Waals surface area contributed by atoms with E-state index in [9.17, 15) is 9.59 Å². The van der Waals surface area contributed by atoms with Gasteiger partial charge in [0.05, 0.1) is 12.4 Å². The van der Waals surface area contributed by atoms with Gasteiger partial charge in [0.15, 0.2) is 0 Å². The van der Waals surface area contributed by atoms with Gasteiger partial charge in [0.1, 0.15) is 0 Å². The standard InChI is InChI=1S/C10H9ClN2O2S/c11-7-1-3-8(4-2-7)12-6-13-9(14)5-16-10(13)15/h1-4,12H,5-6H2. The van der Waals surface area contributed by atoms with Crippen LogP contribution in [0.5, 0.6) is 0 Å². The van der Waals surface area contributed by atoms with Gasteiger partial charge in [-0.2, -0.15) is 0 Å². The molecule has 0 atom stereocenters. The van der Waals surface area contributed by atoms with Crippen molar-refractivity contribution >= 4 is 40.2 Å². The Labute approximate surface area is 102 Å². The number of halogens is 1. The second-order valence-electron chi connectivity index (χ2n) is 3.22. The summed E-state index contributed by atoms with van der Waals surface area (Å²) < 4.78 is 0. The molecule has 2 amide bonds. The minimum absolute atomic E-state index is 0.156. The summed E-state index contributed by atoms with van der Waals surface area (Å²) in [5.74, 6) is 0.0812. The predicted molar refractivity (Wildman–Crippen MR) is 64.6 cm³/mol. The van der Waals surface area contributed by atoms with E-state index >= 15 is 0 Å². The summed E-state index contributed by atoms with van der Waals surface area (Å²) in [7, 11) is 0. The Morgan fingerprint density at radius 1 is 1.31 bits per heavy atom. The molecule has 0 aliphatic carbocycles.